The fourth-order valence-electron chi connectivity index (χ4n) is 1.74. The first-order valence-corrected chi connectivity index (χ1v) is 7.47. The SMILES string of the molecule is CCCCCc1ccc(C(=O)OOOC(=O)OCCOC)cc1. The van der Waals surface area contributed by atoms with Crippen molar-refractivity contribution in [2.75, 3.05) is 20.3 Å². The molecule has 0 fully saturated rings. The number of benzene rings is 1. The van der Waals surface area contributed by atoms with Crippen molar-refractivity contribution in [1.82, 2.24) is 0 Å². The third kappa shape index (κ3) is 8.18. The lowest BCUT2D eigenvalue weighted by Crippen LogP contribution is -2.14. The molecule has 7 nitrogen and oxygen atoms in total. The zero-order chi connectivity index (χ0) is 16.9. The van der Waals surface area contributed by atoms with Gasteiger partial charge in [0, 0.05) is 7.11 Å². The fraction of sp³-hybridized carbons (Fsp3) is 0.500. The van der Waals surface area contributed by atoms with Crippen molar-refractivity contribution >= 4 is 12.1 Å². The van der Waals surface area contributed by atoms with Gasteiger partial charge in [0.2, 0.25) is 0 Å². The Hall–Kier alpha value is -2.12. The molecule has 0 aliphatic rings. The summed E-state index contributed by atoms with van der Waals surface area (Å²) in [7, 11) is 1.46. The minimum Gasteiger partial charge on any atom is -0.430 e. The third-order valence-corrected chi connectivity index (χ3v) is 2.98. The van der Waals surface area contributed by atoms with E-state index < -0.39 is 12.1 Å². The Bertz CT molecular complexity index is 470. The quantitative estimate of drug-likeness (QED) is 0.282. The van der Waals surface area contributed by atoms with E-state index in [1.165, 1.54) is 13.5 Å². The van der Waals surface area contributed by atoms with Crippen molar-refractivity contribution in [2.24, 2.45) is 0 Å². The van der Waals surface area contributed by atoms with Crippen LogP contribution < -0.4 is 0 Å². The average Bonchev–Trinajstić information content (AvgIpc) is 2.56. The molecular weight excluding hydrogens is 304 g/mol. The number of rotatable bonds is 10. The van der Waals surface area contributed by atoms with Gasteiger partial charge in [0.1, 0.15) is 6.61 Å². The number of hydrogen-bond acceptors (Lipinski definition) is 7. The molecule has 0 N–H and O–H groups in total. The highest BCUT2D eigenvalue weighted by atomic mass is 17.5. The van der Waals surface area contributed by atoms with Crippen LogP contribution in [0, 0.1) is 0 Å². The molecule has 0 spiro atoms. The predicted molar refractivity (Wildman–Crippen MR) is 80.5 cm³/mol. The summed E-state index contributed by atoms with van der Waals surface area (Å²) in [4.78, 5) is 31.1. The molecule has 0 aromatic heterocycles. The fourth-order valence-corrected chi connectivity index (χ4v) is 1.74. The van der Waals surface area contributed by atoms with Gasteiger partial charge in [0.15, 0.2) is 0 Å². The minimum atomic E-state index is -1.12. The van der Waals surface area contributed by atoms with E-state index in [9.17, 15) is 9.59 Å². The van der Waals surface area contributed by atoms with Crippen molar-refractivity contribution in [3.63, 3.8) is 0 Å². The van der Waals surface area contributed by atoms with Gasteiger partial charge in [0.25, 0.3) is 0 Å². The second-order valence-corrected chi connectivity index (χ2v) is 4.77. The van der Waals surface area contributed by atoms with E-state index in [0.29, 0.717) is 5.56 Å². The number of methoxy groups -OCH3 is 1. The molecule has 0 saturated heterocycles. The van der Waals surface area contributed by atoms with E-state index in [2.05, 4.69) is 31.2 Å². The number of carbonyl (C=O) groups is 2. The highest BCUT2D eigenvalue weighted by Crippen LogP contribution is 2.10. The van der Waals surface area contributed by atoms with E-state index in [-0.39, 0.29) is 13.2 Å². The van der Waals surface area contributed by atoms with Crippen LogP contribution in [0.4, 0.5) is 4.79 Å². The Kier molecular flexibility index (Phi) is 9.42. The van der Waals surface area contributed by atoms with Crippen LogP contribution in [-0.4, -0.2) is 32.4 Å². The first-order valence-electron chi connectivity index (χ1n) is 7.47. The molecule has 7 heteroatoms. The van der Waals surface area contributed by atoms with Crippen LogP contribution in [0.15, 0.2) is 24.3 Å². The second-order valence-electron chi connectivity index (χ2n) is 4.77. The zero-order valence-corrected chi connectivity index (χ0v) is 13.4. The highest BCUT2D eigenvalue weighted by molar-refractivity contribution is 5.88. The highest BCUT2D eigenvalue weighted by Gasteiger charge is 2.12. The first-order chi connectivity index (χ1) is 11.2. The van der Waals surface area contributed by atoms with Crippen LogP contribution >= 0.6 is 0 Å². The molecule has 0 bridgehead atoms. The second kappa shape index (κ2) is 11.4. The van der Waals surface area contributed by atoms with Gasteiger partial charge in [-0.15, -0.1) is 0 Å². The normalized spacial score (nSPS) is 10.2. The Morgan fingerprint density at radius 3 is 2.39 bits per heavy atom. The smallest absolute Gasteiger partial charge is 0.430 e. The maximum absolute atomic E-state index is 11.7. The molecule has 23 heavy (non-hydrogen) atoms. The molecule has 0 amide bonds. The predicted octanol–water partition coefficient (Wildman–Crippen LogP) is 3.22. The number of hydrogen-bond donors (Lipinski definition) is 0. The Morgan fingerprint density at radius 2 is 1.74 bits per heavy atom. The molecule has 1 rings (SSSR count). The first kappa shape index (κ1) is 18.9. The molecule has 0 radical (unpaired) electrons. The molecule has 0 atom stereocenters. The summed E-state index contributed by atoms with van der Waals surface area (Å²) < 4.78 is 9.20. The Morgan fingerprint density at radius 1 is 1.00 bits per heavy atom. The lowest BCUT2D eigenvalue weighted by atomic mass is 10.1. The van der Waals surface area contributed by atoms with Gasteiger partial charge in [-0.25, -0.2) is 14.5 Å². The standard InChI is InChI=1S/C16H22O7/c1-3-4-5-6-13-7-9-14(10-8-13)15(17)21-23-22-16(18)20-12-11-19-2/h7-10H,3-6,11-12H2,1-2H3. The van der Waals surface area contributed by atoms with Crippen molar-refractivity contribution < 1.29 is 33.9 Å². The number of aryl methyl sites for hydroxylation is 1. The van der Waals surface area contributed by atoms with Gasteiger partial charge < -0.3 is 9.47 Å². The summed E-state index contributed by atoms with van der Waals surface area (Å²) in [5.74, 6) is -0.769. The molecule has 128 valence electrons. The maximum Gasteiger partial charge on any atom is 0.543 e. The van der Waals surface area contributed by atoms with Crippen LogP contribution in [0.2, 0.25) is 0 Å². The van der Waals surface area contributed by atoms with Gasteiger partial charge in [-0.2, -0.15) is 0 Å². The topological polar surface area (TPSA) is 80.3 Å². The zero-order valence-electron chi connectivity index (χ0n) is 13.4. The van der Waals surface area contributed by atoms with Gasteiger partial charge in [-0.05, 0) is 30.5 Å². The van der Waals surface area contributed by atoms with Crippen LogP contribution in [-0.2, 0) is 30.7 Å². The van der Waals surface area contributed by atoms with Gasteiger partial charge in [-0.1, -0.05) is 31.9 Å². The number of unbranched alkanes of at least 4 members (excludes halogenated alkanes) is 2. The monoisotopic (exact) mass is 326 g/mol. The molecule has 0 unspecified atom stereocenters. The molecule has 0 saturated carbocycles. The van der Waals surface area contributed by atoms with E-state index >= 15 is 0 Å². The summed E-state index contributed by atoms with van der Waals surface area (Å²) in [5.41, 5.74) is 1.44. The summed E-state index contributed by atoms with van der Waals surface area (Å²) in [6.45, 7) is 2.38. The van der Waals surface area contributed by atoms with Crippen molar-refractivity contribution in [3.8, 4) is 0 Å². The van der Waals surface area contributed by atoms with Crippen LogP contribution in [0.25, 0.3) is 0 Å². The summed E-state index contributed by atoms with van der Waals surface area (Å²) in [5, 5.41) is 4.09. The van der Waals surface area contributed by atoms with Gasteiger partial charge in [0.05, 0.1) is 17.2 Å². The lowest BCUT2D eigenvalue weighted by molar-refractivity contribution is -0.452. The largest absolute Gasteiger partial charge is 0.543 e. The molecular formula is C16H22O7. The lowest BCUT2D eigenvalue weighted by Gasteiger charge is -2.04. The van der Waals surface area contributed by atoms with Gasteiger partial charge in [-0.3, -0.25) is 4.89 Å². The van der Waals surface area contributed by atoms with Crippen molar-refractivity contribution in [1.29, 1.82) is 0 Å². The molecule has 0 aliphatic heterocycles. The minimum absolute atomic E-state index is 0.00608. The van der Waals surface area contributed by atoms with E-state index in [4.69, 9.17) is 0 Å². The average molecular weight is 326 g/mol. The van der Waals surface area contributed by atoms with Crippen molar-refractivity contribution in [3.05, 3.63) is 35.4 Å². The van der Waals surface area contributed by atoms with Crippen LogP contribution in [0.3, 0.4) is 0 Å². The van der Waals surface area contributed by atoms with Crippen LogP contribution in [0.5, 0.6) is 0 Å². The van der Waals surface area contributed by atoms with Crippen LogP contribution in [0.1, 0.15) is 42.1 Å². The van der Waals surface area contributed by atoms with E-state index in [0.717, 1.165) is 24.8 Å². The summed E-state index contributed by atoms with van der Waals surface area (Å²) in [6, 6.07) is 6.96. The molecule has 0 aliphatic carbocycles. The Labute approximate surface area is 135 Å². The third-order valence-electron chi connectivity index (χ3n) is 2.98. The maximum atomic E-state index is 11.7. The molecule has 1 aromatic rings. The number of carbonyl (C=O) groups excluding carboxylic acids is 2. The van der Waals surface area contributed by atoms with E-state index in [1.807, 2.05) is 12.1 Å². The number of ether oxygens (including phenoxy) is 2. The van der Waals surface area contributed by atoms with Crippen molar-refractivity contribution in [2.45, 2.75) is 32.6 Å². The van der Waals surface area contributed by atoms with E-state index in [1.54, 1.807) is 12.1 Å². The van der Waals surface area contributed by atoms with Gasteiger partial charge >= 0.3 is 12.1 Å². The summed E-state index contributed by atoms with van der Waals surface area (Å²) in [6.07, 6.45) is 3.30. The Balaban J connectivity index is 2.27. The molecule has 0 heterocycles. The molecule has 1 aromatic carbocycles. The summed E-state index contributed by atoms with van der Waals surface area (Å²) >= 11 is 0.